The van der Waals surface area contributed by atoms with Gasteiger partial charge in [-0.3, -0.25) is 9.69 Å². The van der Waals surface area contributed by atoms with Crippen molar-refractivity contribution in [1.82, 2.24) is 4.90 Å². The number of hydrogen-bond donors (Lipinski definition) is 0. The van der Waals surface area contributed by atoms with Crippen LogP contribution in [0.5, 0.6) is 0 Å². The Kier molecular flexibility index (Phi) is 3.49. The molecule has 7 rings (SSSR count). The summed E-state index contributed by atoms with van der Waals surface area (Å²) in [6, 6.07) is 0. The molecule has 2 saturated carbocycles. The molecular formula is C24H31NO7. The van der Waals surface area contributed by atoms with Crippen LogP contribution in [0.1, 0.15) is 40.0 Å². The number of ether oxygens (including phenoxy) is 5. The fourth-order valence-corrected chi connectivity index (χ4v) is 8.27. The summed E-state index contributed by atoms with van der Waals surface area (Å²) in [6.45, 7) is 7.13. The van der Waals surface area contributed by atoms with Crippen LogP contribution in [0, 0.1) is 17.3 Å². The second-order valence-electron chi connectivity index (χ2n) is 11.6. The van der Waals surface area contributed by atoms with Gasteiger partial charge in [-0.2, -0.15) is 0 Å². The lowest BCUT2D eigenvalue weighted by Crippen LogP contribution is -2.70. The summed E-state index contributed by atoms with van der Waals surface area (Å²) in [7, 11) is 3.72. The van der Waals surface area contributed by atoms with Crippen molar-refractivity contribution in [3.63, 3.8) is 0 Å². The van der Waals surface area contributed by atoms with Crippen molar-refractivity contribution in [2.75, 3.05) is 27.2 Å². The highest BCUT2D eigenvalue weighted by Crippen LogP contribution is 2.83. The fraction of sp³-hybridized carbons (Fsp3) is 0.833. The van der Waals surface area contributed by atoms with E-state index >= 15 is 0 Å². The predicted molar refractivity (Wildman–Crippen MR) is 110 cm³/mol. The Morgan fingerprint density at radius 2 is 2.00 bits per heavy atom. The van der Waals surface area contributed by atoms with Crippen LogP contribution in [-0.2, 0) is 33.3 Å². The summed E-state index contributed by atoms with van der Waals surface area (Å²) in [5.41, 5.74) is -0.0212. The van der Waals surface area contributed by atoms with E-state index in [-0.39, 0.29) is 54.0 Å². The molecular weight excluding hydrogens is 414 g/mol. The number of epoxide rings is 3. The molecule has 4 heterocycles. The molecule has 3 saturated heterocycles. The van der Waals surface area contributed by atoms with Crippen LogP contribution in [-0.4, -0.2) is 85.3 Å². The number of likely N-dealkylation sites (N-methyl/N-ethyl adjacent to an activating group) is 1. The molecule has 0 bridgehead atoms. The van der Waals surface area contributed by atoms with Crippen LogP contribution in [0.3, 0.4) is 0 Å². The molecule has 8 nitrogen and oxygen atoms in total. The molecule has 0 aromatic heterocycles. The Bertz CT molecular complexity index is 991. The van der Waals surface area contributed by atoms with Gasteiger partial charge in [-0.1, -0.05) is 20.8 Å². The SMILES string of the molecule is CC(C)[C@]12O[C@H]1[C@@H]1O[C@]13[C@]1(O[C@H]1C[C@H]1C4=C(CC[C@@]13C)C(=O)OC4)[C@@H]2OC(=O)CN(C)C. The van der Waals surface area contributed by atoms with E-state index in [1.807, 2.05) is 19.0 Å². The number of hydrogen-bond acceptors (Lipinski definition) is 8. The molecule has 0 N–H and O–H groups in total. The number of nitrogens with zero attached hydrogens (tertiary/aromatic N) is 1. The molecule has 8 heteroatoms. The zero-order valence-corrected chi connectivity index (χ0v) is 19.3. The number of cyclic esters (lactones) is 1. The molecule has 0 radical (unpaired) electrons. The van der Waals surface area contributed by atoms with E-state index in [0.717, 1.165) is 24.0 Å². The smallest absolute Gasteiger partial charge is 0.334 e. The van der Waals surface area contributed by atoms with Crippen molar-refractivity contribution < 1.29 is 33.3 Å². The van der Waals surface area contributed by atoms with Gasteiger partial charge in [0.2, 0.25) is 0 Å². The second kappa shape index (κ2) is 5.59. The summed E-state index contributed by atoms with van der Waals surface area (Å²) in [4.78, 5) is 27.0. The number of fused-ring (bicyclic) bond motifs is 4. The van der Waals surface area contributed by atoms with E-state index in [4.69, 9.17) is 23.7 Å². The van der Waals surface area contributed by atoms with Gasteiger partial charge in [0.05, 0.1) is 12.6 Å². The van der Waals surface area contributed by atoms with Crippen molar-refractivity contribution in [1.29, 1.82) is 0 Å². The minimum absolute atomic E-state index is 0.0633. The minimum atomic E-state index is -0.677. The van der Waals surface area contributed by atoms with Crippen LogP contribution in [0.25, 0.3) is 0 Å². The first-order valence-corrected chi connectivity index (χ1v) is 11.9. The monoisotopic (exact) mass is 445 g/mol. The average molecular weight is 446 g/mol. The Morgan fingerprint density at radius 3 is 2.72 bits per heavy atom. The molecule has 0 aromatic rings. The maximum absolute atomic E-state index is 12.9. The Balaban J connectivity index is 1.32. The zero-order valence-electron chi connectivity index (χ0n) is 19.3. The van der Waals surface area contributed by atoms with Gasteiger partial charge in [0.25, 0.3) is 0 Å². The lowest BCUT2D eigenvalue weighted by Gasteiger charge is -2.53. The van der Waals surface area contributed by atoms with Crippen LogP contribution in [0.4, 0.5) is 0 Å². The van der Waals surface area contributed by atoms with Crippen molar-refractivity contribution in [2.24, 2.45) is 17.3 Å². The lowest BCUT2D eigenvalue weighted by molar-refractivity contribution is -0.169. The number of rotatable bonds is 4. The first kappa shape index (κ1) is 19.9. The second-order valence-corrected chi connectivity index (χ2v) is 11.6. The molecule has 32 heavy (non-hydrogen) atoms. The van der Waals surface area contributed by atoms with Crippen LogP contribution in [0.15, 0.2) is 11.1 Å². The third-order valence-corrected chi connectivity index (χ3v) is 9.76. The molecule has 174 valence electrons. The summed E-state index contributed by atoms with van der Waals surface area (Å²) in [5.74, 6) is -0.0856. The van der Waals surface area contributed by atoms with Gasteiger partial charge in [0.15, 0.2) is 11.7 Å². The molecule has 9 atom stereocenters. The van der Waals surface area contributed by atoms with Gasteiger partial charge >= 0.3 is 11.9 Å². The van der Waals surface area contributed by atoms with Gasteiger partial charge in [-0.05, 0) is 50.8 Å². The van der Waals surface area contributed by atoms with Crippen molar-refractivity contribution in [2.45, 2.75) is 81.3 Å². The summed E-state index contributed by atoms with van der Waals surface area (Å²) < 4.78 is 31.4. The first-order valence-electron chi connectivity index (χ1n) is 11.9. The molecule has 5 fully saturated rings. The minimum Gasteiger partial charge on any atom is -0.458 e. The van der Waals surface area contributed by atoms with Crippen molar-refractivity contribution in [3.8, 4) is 0 Å². The van der Waals surface area contributed by atoms with Gasteiger partial charge in [-0.25, -0.2) is 4.79 Å². The summed E-state index contributed by atoms with van der Waals surface area (Å²) in [5, 5.41) is 0. The highest BCUT2D eigenvalue weighted by atomic mass is 16.8. The van der Waals surface area contributed by atoms with Crippen molar-refractivity contribution >= 4 is 11.9 Å². The van der Waals surface area contributed by atoms with E-state index in [9.17, 15) is 9.59 Å². The first-order chi connectivity index (χ1) is 15.1. The van der Waals surface area contributed by atoms with Gasteiger partial charge in [0, 0.05) is 11.0 Å². The highest BCUT2D eigenvalue weighted by molar-refractivity contribution is 5.92. The predicted octanol–water partition coefficient (Wildman–Crippen LogP) is 1.22. The topological polar surface area (TPSA) is 93.4 Å². The average Bonchev–Trinajstić information content (AvgIpc) is 3.60. The molecule has 0 amide bonds. The van der Waals surface area contributed by atoms with Crippen LogP contribution >= 0.6 is 0 Å². The molecule has 3 aliphatic carbocycles. The highest BCUT2D eigenvalue weighted by Gasteiger charge is 3.01. The molecule has 7 aliphatic rings. The Hall–Kier alpha value is -1.48. The van der Waals surface area contributed by atoms with Gasteiger partial charge in [0.1, 0.15) is 30.0 Å². The van der Waals surface area contributed by atoms with Gasteiger partial charge in [-0.15, -0.1) is 0 Å². The maximum atomic E-state index is 12.9. The normalized spacial score (nSPS) is 53.5. The fourth-order valence-electron chi connectivity index (χ4n) is 8.27. The summed E-state index contributed by atoms with van der Waals surface area (Å²) >= 11 is 0. The third-order valence-electron chi connectivity index (χ3n) is 9.76. The van der Waals surface area contributed by atoms with E-state index < -0.39 is 22.9 Å². The van der Waals surface area contributed by atoms with E-state index in [2.05, 4.69) is 20.8 Å². The van der Waals surface area contributed by atoms with Crippen molar-refractivity contribution in [3.05, 3.63) is 11.1 Å². The van der Waals surface area contributed by atoms with E-state index in [1.165, 1.54) is 0 Å². The van der Waals surface area contributed by atoms with Crippen LogP contribution in [0.2, 0.25) is 0 Å². The Morgan fingerprint density at radius 1 is 1.22 bits per heavy atom. The van der Waals surface area contributed by atoms with Gasteiger partial charge < -0.3 is 23.7 Å². The van der Waals surface area contributed by atoms with Crippen LogP contribution < -0.4 is 0 Å². The quantitative estimate of drug-likeness (QED) is 0.471. The number of carbonyl (C=O) groups excluding carboxylic acids is 2. The number of carbonyl (C=O) groups is 2. The molecule has 0 unspecified atom stereocenters. The summed E-state index contributed by atoms with van der Waals surface area (Å²) in [6.07, 6.45) is 1.60. The zero-order chi connectivity index (χ0) is 22.4. The standard InChI is InChI=1S/C24H31NO7/c1-11(2)22-17(31-22)18-24(32-18)21(3)7-6-12-13(10-28-19(12)27)14(21)8-15-23(24,30-15)20(22)29-16(26)9-25(4)5/h11,14-15,17-18,20H,6-10H2,1-5H3/t14-,15-,17-,18-,20+,21-,22-,23+,24+/m0/s1. The molecule has 4 aliphatic heterocycles. The lowest BCUT2D eigenvalue weighted by atomic mass is 9.46. The van der Waals surface area contributed by atoms with E-state index in [1.54, 1.807) is 0 Å². The molecule has 0 aromatic carbocycles. The molecule has 2 spiro atoms. The largest absolute Gasteiger partial charge is 0.458 e. The maximum Gasteiger partial charge on any atom is 0.334 e. The Labute approximate surface area is 187 Å². The third kappa shape index (κ3) is 1.90. The van der Waals surface area contributed by atoms with E-state index in [0.29, 0.717) is 13.0 Å². The number of esters is 2.